The Hall–Kier alpha value is -2.28. The molecule has 108 valence electrons. The van der Waals surface area contributed by atoms with Crippen LogP contribution in [0.3, 0.4) is 0 Å². The largest absolute Gasteiger partial charge is 0.505 e. The van der Waals surface area contributed by atoms with E-state index in [0.29, 0.717) is 26.3 Å². The normalized spacial score (nSPS) is 15.5. The number of rotatable bonds is 2. The summed E-state index contributed by atoms with van der Waals surface area (Å²) in [6, 6.07) is 3.80. The van der Waals surface area contributed by atoms with Crippen molar-refractivity contribution < 1.29 is 24.5 Å². The summed E-state index contributed by atoms with van der Waals surface area (Å²) in [6.45, 7) is 2.11. The third-order valence-electron chi connectivity index (χ3n) is 3.02. The maximum atomic E-state index is 12.1. The van der Waals surface area contributed by atoms with Crippen LogP contribution in [0.25, 0.3) is 0 Å². The van der Waals surface area contributed by atoms with E-state index in [1.807, 2.05) is 0 Å². The van der Waals surface area contributed by atoms with Gasteiger partial charge in [0.1, 0.15) is 5.56 Å². The van der Waals surface area contributed by atoms with Crippen LogP contribution in [0.1, 0.15) is 16.8 Å². The van der Waals surface area contributed by atoms with Crippen LogP contribution in [0, 0.1) is 0 Å². The molecule has 2 amide bonds. The zero-order valence-corrected chi connectivity index (χ0v) is 10.8. The quantitative estimate of drug-likeness (QED) is 0.710. The number of aromatic carboxylic acids is 1. The molecule has 1 aliphatic rings. The van der Waals surface area contributed by atoms with Gasteiger partial charge in [-0.25, -0.2) is 9.59 Å². The number of ether oxygens (including phenoxy) is 1. The van der Waals surface area contributed by atoms with Gasteiger partial charge in [0, 0.05) is 19.7 Å². The van der Waals surface area contributed by atoms with Crippen LogP contribution in [0.4, 0.5) is 10.5 Å². The van der Waals surface area contributed by atoms with E-state index < -0.39 is 11.7 Å². The Bertz CT molecular complexity index is 509. The molecule has 2 rings (SSSR count). The second-order valence-electron chi connectivity index (χ2n) is 4.39. The van der Waals surface area contributed by atoms with Crippen molar-refractivity contribution in [1.82, 2.24) is 4.90 Å². The molecular weight excluding hydrogens is 264 g/mol. The van der Waals surface area contributed by atoms with Crippen molar-refractivity contribution in [3.05, 3.63) is 23.8 Å². The number of carbonyl (C=O) groups excluding carboxylic acids is 1. The second kappa shape index (κ2) is 6.25. The predicted molar refractivity (Wildman–Crippen MR) is 71.1 cm³/mol. The number of anilines is 1. The third kappa shape index (κ3) is 3.18. The van der Waals surface area contributed by atoms with E-state index in [1.165, 1.54) is 18.2 Å². The summed E-state index contributed by atoms with van der Waals surface area (Å²) in [5.74, 6) is -1.69. The summed E-state index contributed by atoms with van der Waals surface area (Å²) >= 11 is 0. The molecule has 1 fully saturated rings. The first-order valence-corrected chi connectivity index (χ1v) is 6.28. The Kier molecular flexibility index (Phi) is 4.41. The number of carboxylic acid groups (broad SMARTS) is 1. The molecule has 1 aromatic carbocycles. The molecule has 0 bridgehead atoms. The topological polar surface area (TPSA) is 99.1 Å². The highest BCUT2D eigenvalue weighted by atomic mass is 16.5. The standard InChI is InChI=1S/C13H16N2O5/c16-11-9(12(17)18)3-1-4-10(11)14-13(19)15-5-2-7-20-8-6-15/h1,3-4,16H,2,5-8H2,(H,14,19)(H,17,18). The molecule has 0 atom stereocenters. The van der Waals surface area contributed by atoms with Gasteiger partial charge in [-0.15, -0.1) is 0 Å². The summed E-state index contributed by atoms with van der Waals surface area (Å²) in [5, 5.41) is 21.3. The number of phenols is 1. The maximum absolute atomic E-state index is 12.1. The third-order valence-corrected chi connectivity index (χ3v) is 3.02. The number of nitrogens with zero attached hydrogens (tertiary/aromatic N) is 1. The maximum Gasteiger partial charge on any atom is 0.339 e. The van der Waals surface area contributed by atoms with E-state index in [-0.39, 0.29) is 17.3 Å². The molecule has 0 aliphatic carbocycles. The summed E-state index contributed by atoms with van der Waals surface area (Å²) < 4.78 is 5.25. The van der Waals surface area contributed by atoms with E-state index >= 15 is 0 Å². The number of hydrogen-bond donors (Lipinski definition) is 3. The van der Waals surface area contributed by atoms with Crippen molar-refractivity contribution in [3.8, 4) is 5.75 Å². The van der Waals surface area contributed by atoms with E-state index in [4.69, 9.17) is 9.84 Å². The van der Waals surface area contributed by atoms with E-state index in [9.17, 15) is 14.7 Å². The highest BCUT2D eigenvalue weighted by Crippen LogP contribution is 2.27. The van der Waals surface area contributed by atoms with Crippen LogP contribution in [-0.2, 0) is 4.74 Å². The molecule has 0 unspecified atom stereocenters. The second-order valence-corrected chi connectivity index (χ2v) is 4.39. The van der Waals surface area contributed by atoms with Crippen LogP contribution in [0.2, 0.25) is 0 Å². The lowest BCUT2D eigenvalue weighted by atomic mass is 10.1. The molecule has 20 heavy (non-hydrogen) atoms. The van der Waals surface area contributed by atoms with Gasteiger partial charge in [0.15, 0.2) is 5.75 Å². The number of urea groups is 1. The van der Waals surface area contributed by atoms with Crippen LogP contribution < -0.4 is 5.32 Å². The first-order valence-electron chi connectivity index (χ1n) is 6.28. The number of hydrogen-bond acceptors (Lipinski definition) is 4. The molecule has 1 saturated heterocycles. The van der Waals surface area contributed by atoms with Gasteiger partial charge in [0.25, 0.3) is 0 Å². The average molecular weight is 280 g/mol. The summed E-state index contributed by atoms with van der Waals surface area (Å²) in [4.78, 5) is 24.5. The van der Waals surface area contributed by atoms with Gasteiger partial charge in [0.2, 0.25) is 0 Å². The van der Waals surface area contributed by atoms with Crippen LogP contribution >= 0.6 is 0 Å². The van der Waals surface area contributed by atoms with Crippen molar-refractivity contribution in [2.75, 3.05) is 31.6 Å². The van der Waals surface area contributed by atoms with Crippen molar-refractivity contribution in [2.24, 2.45) is 0 Å². The molecule has 1 aromatic rings. The number of aromatic hydroxyl groups is 1. The molecular formula is C13H16N2O5. The molecule has 0 radical (unpaired) electrons. The minimum atomic E-state index is -1.25. The van der Waals surface area contributed by atoms with Crippen molar-refractivity contribution in [2.45, 2.75) is 6.42 Å². The number of carbonyl (C=O) groups is 2. The fourth-order valence-corrected chi connectivity index (χ4v) is 1.96. The first-order chi connectivity index (χ1) is 9.59. The van der Waals surface area contributed by atoms with Crippen LogP contribution in [0.5, 0.6) is 5.75 Å². The number of amides is 2. The Balaban J connectivity index is 2.11. The molecule has 7 heteroatoms. The lowest BCUT2D eigenvalue weighted by molar-refractivity contribution is 0.0693. The van der Waals surface area contributed by atoms with E-state index in [2.05, 4.69) is 5.32 Å². The Morgan fingerprint density at radius 3 is 2.80 bits per heavy atom. The molecule has 1 heterocycles. The molecule has 0 saturated carbocycles. The highest BCUT2D eigenvalue weighted by molar-refractivity contribution is 5.97. The smallest absolute Gasteiger partial charge is 0.339 e. The highest BCUT2D eigenvalue weighted by Gasteiger charge is 2.19. The molecule has 3 N–H and O–H groups in total. The number of nitrogens with one attached hydrogen (secondary N) is 1. The monoisotopic (exact) mass is 280 g/mol. The molecule has 1 aliphatic heterocycles. The van der Waals surface area contributed by atoms with Gasteiger partial charge in [0.05, 0.1) is 12.3 Å². The zero-order chi connectivity index (χ0) is 14.5. The fourth-order valence-electron chi connectivity index (χ4n) is 1.96. The minimum absolute atomic E-state index is 0.0834. The Labute approximate surface area is 115 Å². The Morgan fingerprint density at radius 2 is 2.05 bits per heavy atom. The lowest BCUT2D eigenvalue weighted by Gasteiger charge is -2.20. The average Bonchev–Trinajstić information content (AvgIpc) is 2.69. The number of benzene rings is 1. The van der Waals surface area contributed by atoms with Gasteiger partial charge in [-0.1, -0.05) is 6.07 Å². The van der Waals surface area contributed by atoms with Crippen LogP contribution in [-0.4, -0.2) is 53.4 Å². The predicted octanol–water partition coefficient (Wildman–Crippen LogP) is 1.34. The van der Waals surface area contributed by atoms with Gasteiger partial charge in [-0.3, -0.25) is 0 Å². The Morgan fingerprint density at radius 1 is 1.25 bits per heavy atom. The van der Waals surface area contributed by atoms with Gasteiger partial charge in [-0.05, 0) is 18.6 Å². The van der Waals surface area contributed by atoms with Gasteiger partial charge >= 0.3 is 12.0 Å². The summed E-state index contributed by atoms with van der Waals surface area (Å²) in [7, 11) is 0. The minimum Gasteiger partial charge on any atom is -0.505 e. The summed E-state index contributed by atoms with van der Waals surface area (Å²) in [5.41, 5.74) is -0.165. The van der Waals surface area contributed by atoms with Crippen molar-refractivity contribution in [3.63, 3.8) is 0 Å². The SMILES string of the molecule is O=C(O)c1cccc(NC(=O)N2CCCOCC2)c1O. The van der Waals surface area contributed by atoms with Crippen molar-refractivity contribution in [1.29, 1.82) is 0 Å². The zero-order valence-electron chi connectivity index (χ0n) is 10.8. The fraction of sp³-hybridized carbons (Fsp3) is 0.385. The number of para-hydroxylation sites is 1. The van der Waals surface area contributed by atoms with E-state index in [0.717, 1.165) is 6.42 Å². The van der Waals surface area contributed by atoms with Gasteiger partial charge < -0.3 is 25.2 Å². The lowest BCUT2D eigenvalue weighted by Crippen LogP contribution is -2.36. The molecule has 0 spiro atoms. The van der Waals surface area contributed by atoms with Crippen LogP contribution in [0.15, 0.2) is 18.2 Å². The van der Waals surface area contributed by atoms with Gasteiger partial charge in [-0.2, -0.15) is 0 Å². The molecule has 0 aromatic heterocycles. The number of carboxylic acids is 1. The van der Waals surface area contributed by atoms with Crippen molar-refractivity contribution >= 4 is 17.7 Å². The first kappa shape index (κ1) is 14.1. The summed E-state index contributed by atoms with van der Waals surface area (Å²) in [6.07, 6.45) is 0.745. The molecule has 7 nitrogen and oxygen atoms in total. The van der Waals surface area contributed by atoms with E-state index in [1.54, 1.807) is 4.90 Å².